The van der Waals surface area contributed by atoms with Gasteiger partial charge in [0.2, 0.25) is 0 Å². The average Bonchev–Trinajstić information content (AvgIpc) is 3.64. The highest BCUT2D eigenvalue weighted by molar-refractivity contribution is 6.31. The van der Waals surface area contributed by atoms with Crippen LogP contribution in [0.25, 0.3) is 28.2 Å². The molecule has 6 rings (SSSR count). The van der Waals surface area contributed by atoms with E-state index in [0.717, 1.165) is 42.0 Å². The van der Waals surface area contributed by atoms with E-state index in [2.05, 4.69) is 37.6 Å². The standard InChI is InChI=1S/C28H26Cl2FN9O.C2HF3O2/c1-16-4-3-5-22(19-10-17(8-9-32-19)28-21(33-12-16)13-35-38(28)2)39-15-34-20(11-25(39)41)26-23(7-6-18(29)27(26)31)40-14-24(30)36-37-40;3-2(4,5)1(6)7/h6-11,13-16,22,33H,3-5,12H2,1-2H3;(H,6,7)/t16-,22+;/m1./s1. The van der Waals surface area contributed by atoms with E-state index in [0.29, 0.717) is 18.0 Å². The van der Waals surface area contributed by atoms with Gasteiger partial charge in [0.05, 0.1) is 63.8 Å². The summed E-state index contributed by atoms with van der Waals surface area (Å²) in [6.07, 6.45) is 3.87. The number of hydrogen-bond donors (Lipinski definition) is 2. The highest BCUT2D eigenvalue weighted by atomic mass is 35.5. The van der Waals surface area contributed by atoms with Crippen LogP contribution >= 0.6 is 23.2 Å². The van der Waals surface area contributed by atoms with Crippen molar-refractivity contribution < 1.29 is 27.5 Å². The fourth-order valence-corrected chi connectivity index (χ4v) is 5.56. The zero-order valence-electron chi connectivity index (χ0n) is 25.3. The topological polar surface area (TPSA) is 146 Å². The summed E-state index contributed by atoms with van der Waals surface area (Å²) in [6, 6.07) is 7.83. The van der Waals surface area contributed by atoms with Crippen LogP contribution < -0.4 is 10.9 Å². The first kappa shape index (κ1) is 34.5. The van der Waals surface area contributed by atoms with Crippen LogP contribution in [0, 0.1) is 11.7 Å². The van der Waals surface area contributed by atoms with Gasteiger partial charge in [0.15, 0.2) is 11.0 Å². The van der Waals surface area contributed by atoms with Crippen molar-refractivity contribution in [3.63, 3.8) is 0 Å². The Labute approximate surface area is 280 Å². The van der Waals surface area contributed by atoms with E-state index in [1.807, 2.05) is 30.1 Å². The predicted octanol–water partition coefficient (Wildman–Crippen LogP) is 6.19. The molecule has 0 unspecified atom stereocenters. The van der Waals surface area contributed by atoms with Gasteiger partial charge in [-0.05, 0) is 43.0 Å². The summed E-state index contributed by atoms with van der Waals surface area (Å²) in [5, 5.41) is 22.8. The van der Waals surface area contributed by atoms with Gasteiger partial charge in [-0.25, -0.2) is 18.9 Å². The Morgan fingerprint density at radius 3 is 2.54 bits per heavy atom. The van der Waals surface area contributed by atoms with Crippen LogP contribution in [-0.4, -0.2) is 63.1 Å². The molecule has 0 spiro atoms. The summed E-state index contributed by atoms with van der Waals surface area (Å²) in [6.45, 7) is 3.01. The van der Waals surface area contributed by atoms with Crippen molar-refractivity contribution in [1.29, 1.82) is 0 Å². The minimum absolute atomic E-state index is 0.0205. The Morgan fingerprint density at radius 2 is 1.88 bits per heavy atom. The van der Waals surface area contributed by atoms with Crippen LogP contribution in [0.1, 0.15) is 37.9 Å². The lowest BCUT2D eigenvalue weighted by Crippen LogP contribution is -2.27. The molecule has 1 aliphatic rings. The number of nitrogens with one attached hydrogen (secondary N) is 1. The van der Waals surface area contributed by atoms with Crippen molar-refractivity contribution >= 4 is 34.9 Å². The lowest BCUT2D eigenvalue weighted by molar-refractivity contribution is -0.192. The third-order valence-electron chi connectivity index (χ3n) is 7.61. The molecule has 0 fully saturated rings. The zero-order valence-corrected chi connectivity index (χ0v) is 26.8. The maximum Gasteiger partial charge on any atom is 0.490 e. The number of halogens is 6. The van der Waals surface area contributed by atoms with E-state index < -0.39 is 18.0 Å². The monoisotopic (exact) mass is 707 g/mol. The smallest absolute Gasteiger partial charge is 0.475 e. The molecule has 2 bridgehead atoms. The molecule has 1 aliphatic heterocycles. The molecule has 0 saturated carbocycles. The van der Waals surface area contributed by atoms with Crippen LogP contribution in [-0.2, 0) is 11.8 Å². The largest absolute Gasteiger partial charge is 0.490 e. The molecule has 18 heteroatoms. The van der Waals surface area contributed by atoms with Gasteiger partial charge >= 0.3 is 12.1 Å². The minimum atomic E-state index is -5.08. The molecule has 0 amide bonds. The molecule has 12 nitrogen and oxygen atoms in total. The maximum atomic E-state index is 15.4. The van der Waals surface area contributed by atoms with Crippen molar-refractivity contribution in [3.8, 4) is 28.2 Å². The molecule has 252 valence electrons. The van der Waals surface area contributed by atoms with E-state index in [1.165, 1.54) is 29.3 Å². The SMILES string of the molecule is C[C@@H]1CCC[C@H](n2cnc(-c3c(-n4cc(Cl)nn4)ccc(Cl)c3F)cc2=O)c2cc(ccn2)-c2c(cnn2C)NC1.O=C(O)C(F)(F)F. The number of alkyl halides is 3. The number of aromatic nitrogens is 8. The Kier molecular flexibility index (Phi) is 10.1. The van der Waals surface area contributed by atoms with Gasteiger partial charge in [-0.3, -0.25) is 19.0 Å². The van der Waals surface area contributed by atoms with E-state index in [1.54, 1.807) is 16.8 Å². The fourth-order valence-electron chi connectivity index (χ4n) is 5.28. The summed E-state index contributed by atoms with van der Waals surface area (Å²) in [7, 11) is 1.90. The lowest BCUT2D eigenvalue weighted by atomic mass is 9.97. The van der Waals surface area contributed by atoms with E-state index in [4.69, 9.17) is 33.1 Å². The predicted molar refractivity (Wildman–Crippen MR) is 169 cm³/mol. The van der Waals surface area contributed by atoms with Gasteiger partial charge in [0.25, 0.3) is 5.56 Å². The summed E-state index contributed by atoms with van der Waals surface area (Å²) in [4.78, 5) is 31.7. The van der Waals surface area contributed by atoms with Crippen molar-refractivity contribution in [2.24, 2.45) is 13.0 Å². The zero-order chi connectivity index (χ0) is 34.7. The number of hydrogen-bond acceptors (Lipinski definition) is 8. The van der Waals surface area contributed by atoms with Gasteiger partial charge in [-0.2, -0.15) is 18.3 Å². The lowest BCUT2D eigenvalue weighted by Gasteiger charge is -2.22. The van der Waals surface area contributed by atoms with Crippen LogP contribution in [0.15, 0.2) is 60.0 Å². The molecule has 4 aromatic heterocycles. The first-order chi connectivity index (χ1) is 22.7. The van der Waals surface area contributed by atoms with Gasteiger partial charge in [-0.15, -0.1) is 5.10 Å². The number of anilines is 1. The van der Waals surface area contributed by atoms with Crippen LogP contribution in [0.3, 0.4) is 0 Å². The average molecular weight is 709 g/mol. The normalized spacial score (nSPS) is 16.4. The summed E-state index contributed by atoms with van der Waals surface area (Å²) >= 11 is 12.1. The molecule has 2 N–H and O–H groups in total. The van der Waals surface area contributed by atoms with Crippen LogP contribution in [0.5, 0.6) is 0 Å². The number of benzene rings is 1. The molecular weight excluding hydrogens is 681 g/mol. The Balaban J connectivity index is 0.000000582. The molecular formula is C30H27Cl2F4N9O3. The third kappa shape index (κ3) is 7.49. The van der Waals surface area contributed by atoms with E-state index in [9.17, 15) is 18.0 Å². The number of carbonyl (C=O) groups is 1. The van der Waals surface area contributed by atoms with Gasteiger partial charge in [-0.1, -0.05) is 41.8 Å². The summed E-state index contributed by atoms with van der Waals surface area (Å²) in [5.74, 6) is -3.08. The summed E-state index contributed by atoms with van der Waals surface area (Å²) in [5.41, 5.74) is 3.64. The molecule has 2 atom stereocenters. The van der Waals surface area contributed by atoms with Gasteiger partial charge < -0.3 is 10.4 Å². The van der Waals surface area contributed by atoms with Crippen LogP contribution in [0.2, 0.25) is 10.2 Å². The molecule has 5 heterocycles. The number of carboxylic acid groups (broad SMARTS) is 1. The first-order valence-corrected chi connectivity index (χ1v) is 15.2. The van der Waals surface area contributed by atoms with Crippen molar-refractivity contribution in [2.75, 3.05) is 11.9 Å². The summed E-state index contributed by atoms with van der Waals surface area (Å²) < 4.78 is 51.8. The minimum Gasteiger partial charge on any atom is -0.475 e. The Morgan fingerprint density at radius 1 is 1.12 bits per heavy atom. The number of aryl methyl sites for hydroxylation is 1. The van der Waals surface area contributed by atoms with Crippen molar-refractivity contribution in [1.82, 2.24) is 39.3 Å². The first-order valence-electron chi connectivity index (χ1n) is 14.4. The van der Waals surface area contributed by atoms with Gasteiger partial charge in [0.1, 0.15) is 0 Å². The Hall–Kier alpha value is -4.83. The van der Waals surface area contributed by atoms with Crippen molar-refractivity contribution in [3.05, 3.63) is 87.3 Å². The van der Waals surface area contributed by atoms with Crippen LogP contribution in [0.4, 0.5) is 23.2 Å². The second-order valence-corrected chi connectivity index (χ2v) is 11.8. The molecule has 0 radical (unpaired) electrons. The number of rotatable bonds is 3. The molecule has 5 aromatic rings. The maximum absolute atomic E-state index is 15.4. The molecule has 1 aromatic carbocycles. The third-order valence-corrected chi connectivity index (χ3v) is 8.07. The Bertz CT molecular complexity index is 2010. The highest BCUT2D eigenvalue weighted by Crippen LogP contribution is 2.34. The second-order valence-electron chi connectivity index (χ2n) is 11.0. The molecule has 0 saturated heterocycles. The second kappa shape index (κ2) is 14.1. The van der Waals surface area contributed by atoms with E-state index >= 15 is 4.39 Å². The number of fused-ring (bicyclic) bond motifs is 4. The molecule has 48 heavy (non-hydrogen) atoms. The van der Waals surface area contributed by atoms with Gasteiger partial charge in [0, 0.05) is 31.4 Å². The van der Waals surface area contributed by atoms with E-state index in [-0.39, 0.29) is 33.0 Å². The number of aliphatic carboxylic acids is 1. The fraction of sp³-hybridized carbons (Fsp3) is 0.300. The highest BCUT2D eigenvalue weighted by Gasteiger charge is 2.38. The van der Waals surface area contributed by atoms with Crippen molar-refractivity contribution in [2.45, 2.75) is 38.4 Å². The number of nitrogens with zero attached hydrogens (tertiary/aromatic N) is 8. The quantitative estimate of drug-likeness (QED) is 0.210. The number of pyridine rings is 1. The molecule has 0 aliphatic carbocycles. The number of carboxylic acids is 1.